The molecule has 0 aromatic carbocycles. The zero-order valence-electron chi connectivity index (χ0n) is 7.46. The van der Waals surface area contributed by atoms with Crippen molar-refractivity contribution < 1.29 is 0 Å². The summed E-state index contributed by atoms with van der Waals surface area (Å²) >= 11 is 1.27. The highest BCUT2D eigenvalue weighted by Gasteiger charge is 2.00. The van der Waals surface area contributed by atoms with Crippen LogP contribution in [0.3, 0.4) is 0 Å². The lowest BCUT2D eigenvalue weighted by atomic mass is 10.5. The predicted molar refractivity (Wildman–Crippen MR) is 51.9 cm³/mol. The van der Waals surface area contributed by atoms with Gasteiger partial charge in [0.1, 0.15) is 0 Å². The Balaban J connectivity index is 2.56. The molecule has 12 heavy (non-hydrogen) atoms. The van der Waals surface area contributed by atoms with Crippen LogP contribution in [0.2, 0.25) is 0 Å². The van der Waals surface area contributed by atoms with Crippen molar-refractivity contribution >= 4 is 11.3 Å². The van der Waals surface area contributed by atoms with Gasteiger partial charge in [-0.25, -0.2) is 0 Å². The molecule has 0 saturated carbocycles. The van der Waals surface area contributed by atoms with Crippen LogP contribution in [-0.2, 0) is 6.54 Å². The minimum Gasteiger partial charge on any atom is -0.315 e. The fraction of sp³-hybridized carbons (Fsp3) is 0.625. The lowest BCUT2D eigenvalue weighted by Gasteiger charge is -2.03. The van der Waals surface area contributed by atoms with Crippen LogP contribution in [0.1, 0.15) is 12.6 Å². The molecule has 0 saturated heterocycles. The summed E-state index contributed by atoms with van der Waals surface area (Å²) in [6, 6.07) is 0. The zero-order valence-corrected chi connectivity index (χ0v) is 8.28. The molecule has 0 atom stereocenters. The van der Waals surface area contributed by atoms with Gasteiger partial charge in [0.25, 0.3) is 0 Å². The molecule has 4 heteroatoms. The van der Waals surface area contributed by atoms with Crippen molar-refractivity contribution in [3.63, 3.8) is 0 Å². The summed E-state index contributed by atoms with van der Waals surface area (Å²) in [6.07, 6.45) is 0. The topological polar surface area (TPSA) is 34.0 Å². The molecule has 3 nitrogen and oxygen atoms in total. The quantitative estimate of drug-likeness (QED) is 0.707. The SMILES string of the molecule is CCNCCn1c(C)csc1=O. The lowest BCUT2D eigenvalue weighted by Crippen LogP contribution is -2.24. The van der Waals surface area contributed by atoms with E-state index in [2.05, 4.69) is 12.2 Å². The van der Waals surface area contributed by atoms with Crippen LogP contribution >= 0.6 is 11.3 Å². The fourth-order valence-electron chi connectivity index (χ4n) is 1.04. The molecule has 1 aromatic rings. The first kappa shape index (κ1) is 9.48. The monoisotopic (exact) mass is 186 g/mol. The minimum absolute atomic E-state index is 0.144. The molecule has 1 heterocycles. The average molecular weight is 186 g/mol. The summed E-state index contributed by atoms with van der Waals surface area (Å²) in [6.45, 7) is 6.63. The number of thiazole rings is 1. The first-order valence-corrected chi connectivity index (χ1v) is 4.99. The molecule has 1 rings (SSSR count). The Morgan fingerprint density at radius 3 is 2.92 bits per heavy atom. The van der Waals surface area contributed by atoms with Gasteiger partial charge in [0.2, 0.25) is 0 Å². The molecule has 0 amide bonds. The maximum atomic E-state index is 11.2. The Kier molecular flexibility index (Phi) is 3.49. The van der Waals surface area contributed by atoms with Crippen LogP contribution in [0.25, 0.3) is 0 Å². The van der Waals surface area contributed by atoms with Gasteiger partial charge in [0.15, 0.2) is 0 Å². The van der Waals surface area contributed by atoms with E-state index in [9.17, 15) is 4.79 Å². The van der Waals surface area contributed by atoms with E-state index < -0.39 is 0 Å². The normalized spacial score (nSPS) is 10.5. The van der Waals surface area contributed by atoms with Crippen LogP contribution in [-0.4, -0.2) is 17.7 Å². The van der Waals surface area contributed by atoms with Crippen molar-refractivity contribution in [2.24, 2.45) is 0 Å². The highest BCUT2D eigenvalue weighted by molar-refractivity contribution is 7.07. The van der Waals surface area contributed by atoms with E-state index in [0.717, 1.165) is 25.3 Å². The highest BCUT2D eigenvalue weighted by Crippen LogP contribution is 1.97. The van der Waals surface area contributed by atoms with Crippen molar-refractivity contribution in [3.05, 3.63) is 20.7 Å². The molecular weight excluding hydrogens is 172 g/mol. The zero-order chi connectivity index (χ0) is 8.97. The van der Waals surface area contributed by atoms with Gasteiger partial charge in [-0.2, -0.15) is 0 Å². The summed E-state index contributed by atoms with van der Waals surface area (Å²) in [5.74, 6) is 0. The van der Waals surface area contributed by atoms with Crippen LogP contribution in [0, 0.1) is 6.92 Å². The number of nitrogens with one attached hydrogen (secondary N) is 1. The Morgan fingerprint density at radius 2 is 2.42 bits per heavy atom. The first-order valence-electron chi connectivity index (χ1n) is 4.11. The van der Waals surface area contributed by atoms with E-state index in [1.807, 2.05) is 12.3 Å². The third-order valence-electron chi connectivity index (χ3n) is 1.74. The number of aromatic nitrogens is 1. The molecule has 0 aliphatic rings. The van der Waals surface area contributed by atoms with Crippen molar-refractivity contribution in [2.45, 2.75) is 20.4 Å². The fourth-order valence-corrected chi connectivity index (χ4v) is 1.80. The molecular formula is C8H14N2OS. The largest absolute Gasteiger partial charge is 0.315 e. The standard InChI is InChI=1S/C8H14N2OS/c1-3-9-4-5-10-7(2)6-12-8(10)11/h6,9H,3-5H2,1-2H3. The Morgan fingerprint density at radius 1 is 1.67 bits per heavy atom. The predicted octanol–water partition coefficient (Wildman–Crippen LogP) is 0.828. The van der Waals surface area contributed by atoms with Crippen LogP contribution in [0.4, 0.5) is 0 Å². The Hall–Kier alpha value is -0.610. The van der Waals surface area contributed by atoms with E-state index in [0.29, 0.717) is 0 Å². The van der Waals surface area contributed by atoms with Gasteiger partial charge in [-0.1, -0.05) is 18.3 Å². The summed E-state index contributed by atoms with van der Waals surface area (Å²) < 4.78 is 1.80. The summed E-state index contributed by atoms with van der Waals surface area (Å²) in [7, 11) is 0. The van der Waals surface area contributed by atoms with Gasteiger partial charge in [0.05, 0.1) is 0 Å². The van der Waals surface area contributed by atoms with Gasteiger partial charge in [-0.05, 0) is 13.5 Å². The maximum absolute atomic E-state index is 11.2. The van der Waals surface area contributed by atoms with Crippen molar-refractivity contribution in [1.29, 1.82) is 0 Å². The van der Waals surface area contributed by atoms with E-state index in [-0.39, 0.29) is 4.87 Å². The number of aryl methyl sites for hydroxylation is 1. The van der Waals surface area contributed by atoms with Gasteiger partial charge in [0, 0.05) is 24.2 Å². The van der Waals surface area contributed by atoms with E-state index in [4.69, 9.17) is 0 Å². The summed E-state index contributed by atoms with van der Waals surface area (Å²) in [5, 5.41) is 5.08. The van der Waals surface area contributed by atoms with E-state index >= 15 is 0 Å². The van der Waals surface area contributed by atoms with Crippen molar-refractivity contribution in [3.8, 4) is 0 Å². The van der Waals surface area contributed by atoms with Crippen molar-refractivity contribution in [2.75, 3.05) is 13.1 Å². The average Bonchev–Trinajstić information content (AvgIpc) is 2.35. The highest BCUT2D eigenvalue weighted by atomic mass is 32.1. The Labute approximate surface area is 76.0 Å². The van der Waals surface area contributed by atoms with Crippen LogP contribution in [0.15, 0.2) is 10.2 Å². The lowest BCUT2D eigenvalue weighted by molar-refractivity contribution is 0.597. The number of rotatable bonds is 4. The molecule has 0 aliphatic heterocycles. The number of likely N-dealkylation sites (N-methyl/N-ethyl adjacent to an activating group) is 1. The van der Waals surface area contributed by atoms with Gasteiger partial charge in [-0.15, -0.1) is 0 Å². The maximum Gasteiger partial charge on any atom is 0.307 e. The second kappa shape index (κ2) is 4.42. The third kappa shape index (κ3) is 2.19. The molecule has 68 valence electrons. The molecule has 0 unspecified atom stereocenters. The second-order valence-corrected chi connectivity index (χ2v) is 3.47. The third-order valence-corrected chi connectivity index (χ3v) is 2.62. The molecule has 0 bridgehead atoms. The first-order chi connectivity index (χ1) is 5.75. The number of hydrogen-bond acceptors (Lipinski definition) is 3. The summed E-state index contributed by atoms with van der Waals surface area (Å²) in [4.78, 5) is 11.3. The van der Waals surface area contributed by atoms with Crippen LogP contribution < -0.4 is 10.2 Å². The summed E-state index contributed by atoms with van der Waals surface area (Å²) in [5.41, 5.74) is 1.06. The molecule has 0 fully saturated rings. The van der Waals surface area contributed by atoms with E-state index in [1.54, 1.807) is 4.57 Å². The van der Waals surface area contributed by atoms with Gasteiger partial charge < -0.3 is 9.88 Å². The number of nitrogens with zero attached hydrogens (tertiary/aromatic N) is 1. The smallest absolute Gasteiger partial charge is 0.307 e. The second-order valence-electron chi connectivity index (χ2n) is 2.65. The molecule has 1 N–H and O–H groups in total. The minimum atomic E-state index is 0.144. The van der Waals surface area contributed by atoms with Gasteiger partial charge in [-0.3, -0.25) is 4.79 Å². The molecule has 0 spiro atoms. The van der Waals surface area contributed by atoms with E-state index in [1.165, 1.54) is 11.3 Å². The molecule has 0 aliphatic carbocycles. The van der Waals surface area contributed by atoms with Gasteiger partial charge >= 0.3 is 4.87 Å². The molecule has 0 radical (unpaired) electrons. The Bertz CT molecular complexity index is 289. The number of hydrogen-bond donors (Lipinski definition) is 1. The van der Waals surface area contributed by atoms with Crippen molar-refractivity contribution in [1.82, 2.24) is 9.88 Å². The van der Waals surface area contributed by atoms with Crippen LogP contribution in [0.5, 0.6) is 0 Å². The molecule has 1 aromatic heterocycles.